The number of allylic oxidation sites excluding steroid dienone is 5. The summed E-state index contributed by atoms with van der Waals surface area (Å²) in [6.45, 7) is 11.8. The van der Waals surface area contributed by atoms with Crippen LogP contribution < -0.4 is 5.73 Å². The summed E-state index contributed by atoms with van der Waals surface area (Å²) in [5.41, 5.74) is 8.50. The molecule has 0 radical (unpaired) electrons. The lowest BCUT2D eigenvalue weighted by Gasteiger charge is -2.31. The lowest BCUT2D eigenvalue weighted by atomic mass is 10.0. The van der Waals surface area contributed by atoms with E-state index in [1.54, 1.807) is 19.1 Å². The molecule has 2 N–H and O–H groups in total. The topological polar surface area (TPSA) is 58.7 Å². The van der Waals surface area contributed by atoms with Gasteiger partial charge in [-0.1, -0.05) is 24.8 Å². The molecule has 2 aliphatic rings. The van der Waals surface area contributed by atoms with Gasteiger partial charge < -0.3 is 15.1 Å². The SMILES string of the molecule is C=C(/C=C\C(=C)N1CCC([N+](C)(C)C)C1)N=C1C=C(C)C(=O)C(Cl)=C1N. The molecule has 1 unspecified atom stereocenters. The molecule has 1 fully saturated rings. The summed E-state index contributed by atoms with van der Waals surface area (Å²) < 4.78 is 0.949. The van der Waals surface area contributed by atoms with Crippen molar-refractivity contribution >= 4 is 23.1 Å². The Morgan fingerprint density at radius 3 is 2.62 bits per heavy atom. The Bertz CT molecular complexity index is 765. The van der Waals surface area contributed by atoms with Crippen LogP contribution in [0.25, 0.3) is 0 Å². The molecule has 1 atom stereocenters. The van der Waals surface area contributed by atoms with E-state index in [9.17, 15) is 4.79 Å². The number of rotatable bonds is 5. The van der Waals surface area contributed by atoms with Crippen LogP contribution in [0.15, 0.2) is 64.1 Å². The molecule has 1 saturated heterocycles. The molecule has 0 aromatic heterocycles. The summed E-state index contributed by atoms with van der Waals surface area (Å²) in [5.74, 6) is -0.265. The minimum Gasteiger partial charge on any atom is -0.396 e. The highest BCUT2D eigenvalue weighted by molar-refractivity contribution is 6.49. The third kappa shape index (κ3) is 4.54. The Hall–Kier alpha value is -2.11. The largest absolute Gasteiger partial charge is 0.396 e. The van der Waals surface area contributed by atoms with Gasteiger partial charge in [-0.05, 0) is 25.2 Å². The Labute approximate surface area is 161 Å². The number of halogens is 1. The van der Waals surface area contributed by atoms with Crippen molar-refractivity contribution in [2.45, 2.75) is 19.4 Å². The highest BCUT2D eigenvalue weighted by Crippen LogP contribution is 2.22. The minimum atomic E-state index is -0.265. The van der Waals surface area contributed by atoms with Gasteiger partial charge in [0.05, 0.1) is 44.8 Å². The molecule has 5 nitrogen and oxygen atoms in total. The monoisotopic (exact) mass is 375 g/mol. The predicted molar refractivity (Wildman–Crippen MR) is 109 cm³/mol. The molecular weight excluding hydrogens is 348 g/mol. The van der Waals surface area contributed by atoms with Crippen LogP contribution in [0.2, 0.25) is 0 Å². The average molecular weight is 376 g/mol. The molecule has 6 heteroatoms. The van der Waals surface area contributed by atoms with Gasteiger partial charge in [-0.2, -0.15) is 0 Å². The predicted octanol–water partition coefficient (Wildman–Crippen LogP) is 2.73. The number of nitrogens with zero attached hydrogens (tertiary/aromatic N) is 3. The molecule has 1 aliphatic heterocycles. The second kappa shape index (κ2) is 7.64. The van der Waals surface area contributed by atoms with Crippen molar-refractivity contribution < 1.29 is 9.28 Å². The summed E-state index contributed by atoms with van der Waals surface area (Å²) in [4.78, 5) is 18.4. The van der Waals surface area contributed by atoms with Crippen LogP contribution in [0.3, 0.4) is 0 Å². The van der Waals surface area contributed by atoms with Crippen LogP contribution in [0.4, 0.5) is 0 Å². The molecule has 0 aromatic carbocycles. The zero-order valence-electron chi connectivity index (χ0n) is 16.1. The number of carbonyl (C=O) groups excluding carboxylic acids is 1. The molecule has 0 saturated carbocycles. The first-order valence-electron chi connectivity index (χ1n) is 8.60. The number of nitrogens with two attached hydrogens (primary N) is 1. The molecule has 1 aliphatic carbocycles. The van der Waals surface area contributed by atoms with Crippen molar-refractivity contribution in [2.24, 2.45) is 10.7 Å². The summed E-state index contributed by atoms with van der Waals surface area (Å²) in [6, 6.07) is 0.601. The van der Waals surface area contributed by atoms with Crippen molar-refractivity contribution in [1.29, 1.82) is 0 Å². The second-order valence-corrected chi connectivity index (χ2v) is 8.08. The Morgan fingerprint density at radius 2 is 2.04 bits per heavy atom. The number of hydrogen-bond acceptors (Lipinski definition) is 4. The maximum Gasteiger partial charge on any atom is 0.202 e. The first kappa shape index (κ1) is 20.2. The van der Waals surface area contributed by atoms with Gasteiger partial charge in [-0.25, -0.2) is 4.99 Å². The zero-order valence-corrected chi connectivity index (χ0v) is 16.8. The van der Waals surface area contributed by atoms with Crippen LogP contribution >= 0.6 is 11.6 Å². The molecule has 0 amide bonds. The van der Waals surface area contributed by atoms with Crippen LogP contribution in [0.1, 0.15) is 13.3 Å². The van der Waals surface area contributed by atoms with Gasteiger partial charge in [-0.3, -0.25) is 4.79 Å². The van der Waals surface area contributed by atoms with Gasteiger partial charge in [0.1, 0.15) is 11.1 Å². The number of likely N-dealkylation sites (N-methyl/N-ethyl adjacent to an activating group) is 1. The lowest BCUT2D eigenvalue weighted by molar-refractivity contribution is -0.893. The van der Waals surface area contributed by atoms with Gasteiger partial charge in [0.15, 0.2) is 0 Å². The van der Waals surface area contributed by atoms with Gasteiger partial charge in [-0.15, -0.1) is 0 Å². The van der Waals surface area contributed by atoms with Crippen LogP contribution in [0, 0.1) is 0 Å². The summed E-state index contributed by atoms with van der Waals surface area (Å²) in [5, 5.41) is 0.00773. The molecule has 0 aromatic rings. The van der Waals surface area contributed by atoms with Crippen molar-refractivity contribution in [2.75, 3.05) is 34.2 Å². The summed E-state index contributed by atoms with van der Waals surface area (Å²) >= 11 is 5.97. The first-order chi connectivity index (χ1) is 12.0. The van der Waals surface area contributed by atoms with E-state index in [-0.39, 0.29) is 16.5 Å². The van der Waals surface area contributed by atoms with Crippen molar-refractivity contribution in [1.82, 2.24) is 4.90 Å². The smallest absolute Gasteiger partial charge is 0.202 e. The number of ketones is 1. The molecular formula is C20H28ClN4O+. The van der Waals surface area contributed by atoms with E-state index in [4.69, 9.17) is 17.3 Å². The minimum absolute atomic E-state index is 0.00773. The first-order valence-corrected chi connectivity index (χ1v) is 8.97. The molecule has 1 heterocycles. The average Bonchev–Trinajstić information content (AvgIpc) is 3.06. The lowest BCUT2D eigenvalue weighted by Crippen LogP contribution is -2.46. The van der Waals surface area contributed by atoms with Crippen LogP contribution in [-0.4, -0.2) is 61.2 Å². The quantitative estimate of drug-likeness (QED) is 0.456. The summed E-state index contributed by atoms with van der Waals surface area (Å²) in [7, 11) is 6.66. The molecule has 26 heavy (non-hydrogen) atoms. The fraction of sp³-hybridized carbons (Fsp3) is 0.400. The number of hydrogen-bond donors (Lipinski definition) is 1. The Balaban J connectivity index is 2.04. The van der Waals surface area contributed by atoms with E-state index in [2.05, 4.69) is 44.2 Å². The zero-order chi connectivity index (χ0) is 19.6. The van der Waals surface area contributed by atoms with Gasteiger partial charge >= 0.3 is 0 Å². The standard InChI is InChI=1S/C20H27ClN4O/c1-13-11-17(19(22)18(21)20(13)26)23-14(2)7-8-15(3)24-10-9-16(12-24)25(4,5)6/h7-8,11,16H,2-3,9-10,12H2,1,4-6H3,(H-,22,26)/p+1/b8-7-,23-17?. The van der Waals surface area contributed by atoms with Gasteiger partial charge in [0, 0.05) is 24.2 Å². The van der Waals surface area contributed by atoms with E-state index < -0.39 is 0 Å². The third-order valence-corrected chi connectivity index (χ3v) is 5.20. The molecule has 0 spiro atoms. The maximum atomic E-state index is 11.8. The van der Waals surface area contributed by atoms with Crippen molar-refractivity contribution in [3.05, 3.63) is 59.1 Å². The number of Topliss-reactive ketones (excluding diaryl/α,β-unsaturated/α-hetero) is 1. The molecule has 0 bridgehead atoms. The summed E-state index contributed by atoms with van der Waals surface area (Å²) in [6.07, 6.45) is 6.49. The number of quaternary nitrogens is 1. The van der Waals surface area contributed by atoms with E-state index in [1.165, 1.54) is 0 Å². The molecule has 2 rings (SSSR count). The number of carbonyl (C=O) groups is 1. The number of likely N-dealkylation sites (tertiary alicyclic amines) is 1. The highest BCUT2D eigenvalue weighted by atomic mass is 35.5. The third-order valence-electron chi connectivity index (χ3n) is 4.82. The fourth-order valence-electron chi connectivity index (χ4n) is 2.97. The van der Waals surface area contributed by atoms with Crippen LogP contribution in [0.5, 0.6) is 0 Å². The van der Waals surface area contributed by atoms with Crippen molar-refractivity contribution in [3.63, 3.8) is 0 Å². The van der Waals surface area contributed by atoms with E-state index in [0.717, 1.165) is 29.7 Å². The normalized spacial score (nSPS) is 23.2. The second-order valence-electron chi connectivity index (χ2n) is 7.70. The fourth-order valence-corrected chi connectivity index (χ4v) is 3.22. The van der Waals surface area contributed by atoms with E-state index >= 15 is 0 Å². The number of aliphatic imine (C=N–C) groups is 1. The van der Waals surface area contributed by atoms with E-state index in [0.29, 0.717) is 23.0 Å². The van der Waals surface area contributed by atoms with E-state index in [1.807, 2.05) is 6.08 Å². The van der Waals surface area contributed by atoms with Gasteiger partial charge in [0.25, 0.3) is 0 Å². The van der Waals surface area contributed by atoms with Crippen molar-refractivity contribution in [3.8, 4) is 0 Å². The Kier molecular flexibility index (Phi) is 5.94. The van der Waals surface area contributed by atoms with Crippen LogP contribution in [-0.2, 0) is 4.79 Å². The highest BCUT2D eigenvalue weighted by Gasteiger charge is 2.32. The Morgan fingerprint density at radius 1 is 1.38 bits per heavy atom. The van der Waals surface area contributed by atoms with Gasteiger partial charge in [0.2, 0.25) is 5.78 Å². The molecule has 140 valence electrons. The maximum absolute atomic E-state index is 11.8.